The number of halogens is 1. The number of thioether (sulfide) groups is 1. The number of nitrogens with zero attached hydrogens (tertiary/aromatic N) is 2. The Morgan fingerprint density at radius 1 is 0.867 bits per heavy atom. The van der Waals surface area contributed by atoms with Gasteiger partial charge in [0.2, 0.25) is 0 Å². The van der Waals surface area contributed by atoms with Gasteiger partial charge in [-0.15, -0.1) is 0 Å². The molecule has 1 heterocycles. The van der Waals surface area contributed by atoms with Gasteiger partial charge in [-0.25, -0.2) is 9.97 Å². The number of nitrogens with one attached hydrogen (secondary N) is 1. The van der Waals surface area contributed by atoms with Gasteiger partial charge in [-0.05, 0) is 58.3 Å². The van der Waals surface area contributed by atoms with Crippen molar-refractivity contribution in [2.75, 3.05) is 23.9 Å². The van der Waals surface area contributed by atoms with Crippen molar-refractivity contribution in [1.29, 1.82) is 0 Å². The summed E-state index contributed by atoms with van der Waals surface area (Å²) < 4.78 is 7.17. The van der Waals surface area contributed by atoms with Crippen LogP contribution < -0.4 is 21.4 Å². The number of rotatable bonds is 11. The van der Waals surface area contributed by atoms with Gasteiger partial charge in [0.1, 0.15) is 5.82 Å². The van der Waals surface area contributed by atoms with E-state index in [0.717, 1.165) is 34.5 Å². The van der Waals surface area contributed by atoms with E-state index in [2.05, 4.69) is 116 Å². The van der Waals surface area contributed by atoms with Crippen molar-refractivity contribution in [2.45, 2.75) is 50.9 Å². The van der Waals surface area contributed by atoms with Crippen LogP contribution in [0.25, 0.3) is 11.3 Å². The number of benzene rings is 4. The molecule has 0 aliphatic heterocycles. The zero-order valence-corrected chi connectivity index (χ0v) is 29.2. The highest BCUT2D eigenvalue weighted by molar-refractivity contribution is 7.98. The SMILES string of the molecule is CSc1nc(N)c(CNc2c(C)cccc2Cl)c(-c2cccc(CCO[Si](c3ccccc3)(c3ccccc3)C(C)(C)C)c2)n1. The highest BCUT2D eigenvalue weighted by atomic mass is 35.5. The molecular formula is C37H41ClN4OSSi. The van der Waals surface area contributed by atoms with Gasteiger partial charge in [0, 0.05) is 24.3 Å². The van der Waals surface area contributed by atoms with Crippen LogP contribution in [-0.2, 0) is 17.4 Å². The summed E-state index contributed by atoms with van der Waals surface area (Å²) in [6.07, 6.45) is 2.73. The number of para-hydroxylation sites is 1. The van der Waals surface area contributed by atoms with E-state index in [1.54, 1.807) is 0 Å². The lowest BCUT2D eigenvalue weighted by Crippen LogP contribution is -2.66. The average Bonchev–Trinajstić information content (AvgIpc) is 3.03. The molecule has 45 heavy (non-hydrogen) atoms. The van der Waals surface area contributed by atoms with E-state index in [-0.39, 0.29) is 5.04 Å². The van der Waals surface area contributed by atoms with Gasteiger partial charge < -0.3 is 15.5 Å². The minimum Gasteiger partial charge on any atom is -0.407 e. The molecule has 0 atom stereocenters. The molecule has 0 spiro atoms. The predicted octanol–water partition coefficient (Wildman–Crippen LogP) is 8.14. The van der Waals surface area contributed by atoms with Crippen LogP contribution in [0.2, 0.25) is 10.1 Å². The third-order valence-electron chi connectivity index (χ3n) is 8.19. The molecule has 0 bridgehead atoms. The van der Waals surface area contributed by atoms with Gasteiger partial charge >= 0.3 is 0 Å². The van der Waals surface area contributed by atoms with E-state index in [1.807, 2.05) is 31.4 Å². The third kappa shape index (κ3) is 7.12. The third-order valence-corrected chi connectivity index (χ3v) is 14.1. The van der Waals surface area contributed by atoms with Gasteiger partial charge in [0.25, 0.3) is 8.32 Å². The van der Waals surface area contributed by atoms with Crippen molar-refractivity contribution in [3.8, 4) is 11.3 Å². The Labute approximate surface area is 277 Å². The zero-order valence-electron chi connectivity index (χ0n) is 26.6. The maximum Gasteiger partial charge on any atom is 0.261 e. The number of anilines is 2. The Kier molecular flexibility index (Phi) is 10.3. The van der Waals surface area contributed by atoms with Crippen LogP contribution in [0, 0.1) is 6.92 Å². The number of nitrogen functional groups attached to an aromatic ring is 1. The molecule has 0 fully saturated rings. The fraction of sp³-hybridized carbons (Fsp3) is 0.243. The standard InChI is InChI=1S/C37H41ClN4OSSi/c1-26-14-12-21-32(38)33(26)40-25-31-34(41-36(44-5)42-35(31)39)28-16-13-15-27(24-28)22-23-43-45(37(2,3)4,29-17-8-6-9-18-29)30-19-10-7-11-20-30/h6-21,24,40H,22-23,25H2,1-5H3,(H2,39,41,42). The molecule has 0 saturated carbocycles. The normalized spacial score (nSPS) is 11.9. The van der Waals surface area contributed by atoms with E-state index in [4.69, 9.17) is 26.7 Å². The molecule has 0 saturated heterocycles. The molecule has 0 amide bonds. The average molecular weight is 653 g/mol. The first kappa shape index (κ1) is 32.8. The van der Waals surface area contributed by atoms with Crippen molar-refractivity contribution in [3.63, 3.8) is 0 Å². The van der Waals surface area contributed by atoms with Crippen LogP contribution >= 0.6 is 23.4 Å². The fourth-order valence-corrected chi connectivity index (χ4v) is 11.2. The predicted molar refractivity (Wildman–Crippen MR) is 194 cm³/mol. The molecular weight excluding hydrogens is 612 g/mol. The van der Waals surface area contributed by atoms with Crippen molar-refractivity contribution >= 4 is 53.6 Å². The first-order valence-corrected chi connectivity index (χ1v) is 18.7. The second-order valence-electron chi connectivity index (χ2n) is 12.2. The smallest absolute Gasteiger partial charge is 0.261 e. The quantitative estimate of drug-likeness (QED) is 0.0853. The summed E-state index contributed by atoms with van der Waals surface area (Å²) >= 11 is 7.99. The van der Waals surface area contributed by atoms with Crippen molar-refractivity contribution in [2.24, 2.45) is 0 Å². The summed E-state index contributed by atoms with van der Waals surface area (Å²) in [6, 6.07) is 35.9. The second-order valence-corrected chi connectivity index (χ2v) is 17.7. The Hall–Kier alpha value is -3.62. The Bertz CT molecular complexity index is 1690. The first-order valence-electron chi connectivity index (χ1n) is 15.2. The summed E-state index contributed by atoms with van der Waals surface area (Å²) in [4.78, 5) is 9.48. The minimum atomic E-state index is -2.62. The van der Waals surface area contributed by atoms with E-state index in [1.165, 1.54) is 27.7 Å². The molecule has 4 aromatic carbocycles. The summed E-state index contributed by atoms with van der Waals surface area (Å²) in [6.45, 7) is 10.00. The summed E-state index contributed by atoms with van der Waals surface area (Å²) in [5.41, 5.74) is 12.3. The lowest BCUT2D eigenvalue weighted by molar-refractivity contribution is 0.302. The number of aromatic nitrogens is 2. The Morgan fingerprint density at radius 2 is 1.51 bits per heavy atom. The first-order chi connectivity index (χ1) is 21.6. The van der Waals surface area contributed by atoms with E-state index in [0.29, 0.717) is 29.1 Å². The highest BCUT2D eigenvalue weighted by Crippen LogP contribution is 2.37. The second kappa shape index (κ2) is 14.2. The molecule has 0 unspecified atom stereocenters. The van der Waals surface area contributed by atoms with Crippen LogP contribution in [0.1, 0.15) is 37.5 Å². The molecule has 8 heteroatoms. The zero-order chi connectivity index (χ0) is 32.0. The van der Waals surface area contributed by atoms with Gasteiger partial charge in [0.05, 0.1) is 16.4 Å². The Balaban J connectivity index is 1.44. The monoisotopic (exact) mass is 652 g/mol. The molecule has 0 aliphatic rings. The van der Waals surface area contributed by atoms with Crippen LogP contribution in [-0.4, -0.2) is 31.1 Å². The fourth-order valence-electron chi connectivity index (χ4n) is 5.97. The largest absolute Gasteiger partial charge is 0.407 e. The summed E-state index contributed by atoms with van der Waals surface area (Å²) in [7, 11) is -2.62. The van der Waals surface area contributed by atoms with Gasteiger partial charge in [-0.2, -0.15) is 0 Å². The molecule has 5 nitrogen and oxygen atoms in total. The van der Waals surface area contributed by atoms with Gasteiger partial charge in [-0.3, -0.25) is 0 Å². The maximum absolute atomic E-state index is 7.17. The van der Waals surface area contributed by atoms with Crippen LogP contribution in [0.3, 0.4) is 0 Å². The molecule has 0 aliphatic carbocycles. The van der Waals surface area contributed by atoms with Gasteiger partial charge in [-0.1, -0.05) is 135 Å². The molecule has 0 radical (unpaired) electrons. The minimum absolute atomic E-state index is 0.0772. The number of nitrogens with two attached hydrogens (primary N) is 1. The topological polar surface area (TPSA) is 73.1 Å². The number of hydrogen-bond donors (Lipinski definition) is 2. The summed E-state index contributed by atoms with van der Waals surface area (Å²) in [5.74, 6) is 0.460. The van der Waals surface area contributed by atoms with E-state index in [9.17, 15) is 0 Å². The molecule has 5 aromatic rings. The highest BCUT2D eigenvalue weighted by Gasteiger charge is 2.50. The van der Waals surface area contributed by atoms with Crippen molar-refractivity contribution in [1.82, 2.24) is 9.97 Å². The van der Waals surface area contributed by atoms with E-state index >= 15 is 0 Å². The van der Waals surface area contributed by atoms with Gasteiger partial charge in [0.15, 0.2) is 5.16 Å². The molecule has 1 aromatic heterocycles. The number of hydrogen-bond acceptors (Lipinski definition) is 6. The van der Waals surface area contributed by atoms with Crippen molar-refractivity contribution in [3.05, 3.63) is 125 Å². The van der Waals surface area contributed by atoms with Crippen LogP contribution in [0.4, 0.5) is 11.5 Å². The van der Waals surface area contributed by atoms with E-state index < -0.39 is 8.32 Å². The molecule has 5 rings (SSSR count). The molecule has 232 valence electrons. The van der Waals surface area contributed by atoms with Crippen LogP contribution in [0.5, 0.6) is 0 Å². The lowest BCUT2D eigenvalue weighted by atomic mass is 10.0. The molecule has 3 N–H and O–H groups in total. The Morgan fingerprint density at radius 3 is 2.11 bits per heavy atom. The maximum atomic E-state index is 7.17. The summed E-state index contributed by atoms with van der Waals surface area (Å²) in [5, 5.41) is 7.27. The van der Waals surface area contributed by atoms with Crippen LogP contribution in [0.15, 0.2) is 108 Å². The number of aryl methyl sites for hydroxylation is 1. The lowest BCUT2D eigenvalue weighted by Gasteiger charge is -2.43. The van der Waals surface area contributed by atoms with Crippen molar-refractivity contribution < 1.29 is 4.43 Å².